The molecule has 0 aliphatic carbocycles. The van der Waals surface area contributed by atoms with Crippen LogP contribution in [0.1, 0.15) is 43.5 Å². The number of pyridine rings is 1. The van der Waals surface area contributed by atoms with Crippen molar-refractivity contribution in [3.8, 4) is 0 Å². The van der Waals surface area contributed by atoms with Gasteiger partial charge in [-0.05, 0) is 31.4 Å². The predicted octanol–water partition coefficient (Wildman–Crippen LogP) is 2.91. The molecule has 0 radical (unpaired) electrons. The second-order valence-electron chi connectivity index (χ2n) is 4.97. The Kier molecular flexibility index (Phi) is 3.77. The molecule has 1 aromatic heterocycles. The van der Waals surface area contributed by atoms with E-state index < -0.39 is 0 Å². The fourth-order valence-corrected chi connectivity index (χ4v) is 2.18. The summed E-state index contributed by atoms with van der Waals surface area (Å²) in [6, 6.07) is 3.88. The molecule has 3 heteroatoms. The molecule has 2 rings (SSSR count). The Hall–Kier alpha value is -1.38. The van der Waals surface area contributed by atoms with Crippen molar-refractivity contribution in [2.75, 3.05) is 18.0 Å². The Bertz CT molecular complexity index is 378. The van der Waals surface area contributed by atoms with E-state index in [4.69, 9.17) is 0 Å². The Labute approximate surface area is 103 Å². The van der Waals surface area contributed by atoms with E-state index in [2.05, 4.69) is 9.88 Å². The summed E-state index contributed by atoms with van der Waals surface area (Å²) in [5.74, 6) is 1.21. The van der Waals surface area contributed by atoms with Crippen molar-refractivity contribution in [2.45, 2.75) is 33.1 Å². The van der Waals surface area contributed by atoms with Gasteiger partial charge in [0, 0.05) is 30.8 Å². The SMILES string of the molecule is CC(C)C(=O)c1ccc(N2CCCCC2)nc1. The number of carbonyl (C=O) groups excluding carboxylic acids is 1. The van der Waals surface area contributed by atoms with Gasteiger partial charge in [-0.1, -0.05) is 13.8 Å². The minimum atomic E-state index is 0.0395. The minimum absolute atomic E-state index is 0.0395. The van der Waals surface area contributed by atoms with E-state index in [-0.39, 0.29) is 11.7 Å². The van der Waals surface area contributed by atoms with Crippen molar-refractivity contribution in [2.24, 2.45) is 5.92 Å². The topological polar surface area (TPSA) is 33.2 Å². The third kappa shape index (κ3) is 2.84. The van der Waals surface area contributed by atoms with Crippen LogP contribution in [0.4, 0.5) is 5.82 Å². The average Bonchev–Trinajstić information content (AvgIpc) is 2.39. The molecule has 0 amide bonds. The van der Waals surface area contributed by atoms with E-state index in [0.717, 1.165) is 24.5 Å². The summed E-state index contributed by atoms with van der Waals surface area (Å²) in [4.78, 5) is 18.5. The molecule has 1 aromatic rings. The van der Waals surface area contributed by atoms with E-state index in [1.54, 1.807) is 6.20 Å². The van der Waals surface area contributed by atoms with Crippen molar-refractivity contribution >= 4 is 11.6 Å². The number of piperidine rings is 1. The van der Waals surface area contributed by atoms with Gasteiger partial charge in [0.15, 0.2) is 5.78 Å². The molecule has 0 unspecified atom stereocenters. The molecule has 1 aliphatic rings. The third-order valence-corrected chi connectivity index (χ3v) is 3.24. The van der Waals surface area contributed by atoms with Crippen LogP contribution in [0.3, 0.4) is 0 Å². The van der Waals surface area contributed by atoms with Gasteiger partial charge in [-0.3, -0.25) is 4.79 Å². The van der Waals surface area contributed by atoms with E-state index in [9.17, 15) is 4.79 Å². The predicted molar refractivity (Wildman–Crippen MR) is 69.5 cm³/mol. The zero-order valence-corrected chi connectivity index (χ0v) is 10.6. The van der Waals surface area contributed by atoms with Gasteiger partial charge in [0.25, 0.3) is 0 Å². The first-order chi connectivity index (χ1) is 8.18. The molecule has 1 aliphatic heterocycles. The zero-order valence-electron chi connectivity index (χ0n) is 10.6. The van der Waals surface area contributed by atoms with Crippen molar-refractivity contribution in [1.82, 2.24) is 4.98 Å². The zero-order chi connectivity index (χ0) is 12.3. The second-order valence-corrected chi connectivity index (χ2v) is 4.97. The number of Topliss-reactive ketones (excluding diaryl/α,β-unsaturated/α-hetero) is 1. The summed E-state index contributed by atoms with van der Waals surface area (Å²) >= 11 is 0. The van der Waals surface area contributed by atoms with Crippen LogP contribution >= 0.6 is 0 Å². The summed E-state index contributed by atoms with van der Waals surface area (Å²) < 4.78 is 0. The van der Waals surface area contributed by atoms with E-state index in [1.165, 1.54) is 19.3 Å². The summed E-state index contributed by atoms with van der Waals surface area (Å²) in [6.45, 7) is 6.01. The lowest BCUT2D eigenvalue weighted by Gasteiger charge is -2.27. The molecular formula is C14H20N2O. The van der Waals surface area contributed by atoms with Crippen molar-refractivity contribution in [1.29, 1.82) is 0 Å². The standard InChI is InChI=1S/C14H20N2O/c1-11(2)14(17)12-6-7-13(15-10-12)16-8-4-3-5-9-16/h6-7,10-11H,3-5,8-9H2,1-2H3. The van der Waals surface area contributed by atoms with Crippen LogP contribution in [0.5, 0.6) is 0 Å². The fraction of sp³-hybridized carbons (Fsp3) is 0.571. The maximum atomic E-state index is 11.8. The lowest BCUT2D eigenvalue weighted by atomic mass is 10.0. The highest BCUT2D eigenvalue weighted by atomic mass is 16.1. The Morgan fingerprint density at radius 3 is 2.47 bits per heavy atom. The normalized spacial score (nSPS) is 16.3. The number of aromatic nitrogens is 1. The number of anilines is 1. The van der Waals surface area contributed by atoms with Gasteiger partial charge >= 0.3 is 0 Å². The van der Waals surface area contributed by atoms with Crippen molar-refractivity contribution < 1.29 is 4.79 Å². The molecule has 2 heterocycles. The molecule has 0 saturated carbocycles. The molecule has 0 aromatic carbocycles. The molecule has 92 valence electrons. The molecule has 0 bridgehead atoms. The molecule has 3 nitrogen and oxygen atoms in total. The molecule has 0 spiro atoms. The van der Waals surface area contributed by atoms with Gasteiger partial charge in [-0.2, -0.15) is 0 Å². The highest BCUT2D eigenvalue weighted by Gasteiger charge is 2.14. The van der Waals surface area contributed by atoms with Crippen LogP contribution in [-0.4, -0.2) is 23.9 Å². The van der Waals surface area contributed by atoms with E-state index in [0.29, 0.717) is 0 Å². The fourth-order valence-electron chi connectivity index (χ4n) is 2.18. The van der Waals surface area contributed by atoms with Crippen LogP contribution in [0.2, 0.25) is 0 Å². The maximum absolute atomic E-state index is 11.8. The van der Waals surface area contributed by atoms with Crippen molar-refractivity contribution in [3.63, 3.8) is 0 Å². The number of rotatable bonds is 3. The number of nitrogens with zero attached hydrogens (tertiary/aromatic N) is 2. The quantitative estimate of drug-likeness (QED) is 0.751. The summed E-state index contributed by atoms with van der Waals surface area (Å²) in [5.41, 5.74) is 0.723. The van der Waals surface area contributed by atoms with Gasteiger partial charge in [-0.15, -0.1) is 0 Å². The van der Waals surface area contributed by atoms with Gasteiger partial charge in [0.05, 0.1) is 0 Å². The number of hydrogen-bond donors (Lipinski definition) is 0. The molecular weight excluding hydrogens is 212 g/mol. The van der Waals surface area contributed by atoms with Gasteiger partial charge < -0.3 is 4.90 Å². The first-order valence-electron chi connectivity index (χ1n) is 6.43. The van der Waals surface area contributed by atoms with Crippen LogP contribution in [0, 0.1) is 5.92 Å². The molecule has 0 atom stereocenters. The molecule has 1 fully saturated rings. The Morgan fingerprint density at radius 2 is 1.94 bits per heavy atom. The first-order valence-corrected chi connectivity index (χ1v) is 6.43. The van der Waals surface area contributed by atoms with Crippen LogP contribution in [0.25, 0.3) is 0 Å². The van der Waals surface area contributed by atoms with Gasteiger partial charge in [0.1, 0.15) is 5.82 Å². The largest absolute Gasteiger partial charge is 0.357 e. The van der Waals surface area contributed by atoms with Gasteiger partial charge in [0.2, 0.25) is 0 Å². The first kappa shape index (κ1) is 12.1. The highest BCUT2D eigenvalue weighted by molar-refractivity contribution is 5.97. The molecule has 0 N–H and O–H groups in total. The number of hydrogen-bond acceptors (Lipinski definition) is 3. The Balaban J connectivity index is 2.09. The monoisotopic (exact) mass is 232 g/mol. The summed E-state index contributed by atoms with van der Waals surface area (Å²) in [7, 11) is 0. The molecule has 1 saturated heterocycles. The highest BCUT2D eigenvalue weighted by Crippen LogP contribution is 2.18. The minimum Gasteiger partial charge on any atom is -0.357 e. The average molecular weight is 232 g/mol. The number of carbonyl (C=O) groups is 1. The summed E-state index contributed by atoms with van der Waals surface area (Å²) in [6.07, 6.45) is 5.52. The van der Waals surface area contributed by atoms with Crippen LogP contribution in [-0.2, 0) is 0 Å². The number of ketones is 1. The maximum Gasteiger partial charge on any atom is 0.166 e. The third-order valence-electron chi connectivity index (χ3n) is 3.24. The Morgan fingerprint density at radius 1 is 1.24 bits per heavy atom. The van der Waals surface area contributed by atoms with Crippen molar-refractivity contribution in [3.05, 3.63) is 23.9 Å². The smallest absolute Gasteiger partial charge is 0.166 e. The van der Waals surface area contributed by atoms with E-state index >= 15 is 0 Å². The lowest BCUT2D eigenvalue weighted by molar-refractivity contribution is 0.0939. The summed E-state index contributed by atoms with van der Waals surface area (Å²) in [5, 5.41) is 0. The van der Waals surface area contributed by atoms with Crippen LogP contribution in [0.15, 0.2) is 18.3 Å². The van der Waals surface area contributed by atoms with Gasteiger partial charge in [-0.25, -0.2) is 4.98 Å². The van der Waals surface area contributed by atoms with Crippen LogP contribution < -0.4 is 4.90 Å². The lowest BCUT2D eigenvalue weighted by Crippen LogP contribution is -2.30. The second kappa shape index (κ2) is 5.30. The van der Waals surface area contributed by atoms with E-state index in [1.807, 2.05) is 26.0 Å². The molecule has 17 heavy (non-hydrogen) atoms.